The summed E-state index contributed by atoms with van der Waals surface area (Å²) in [4.78, 5) is 60.8. The van der Waals surface area contributed by atoms with Gasteiger partial charge in [-0.3, -0.25) is 24.6 Å². The van der Waals surface area contributed by atoms with Gasteiger partial charge in [0.2, 0.25) is 11.8 Å². The molecule has 5 heterocycles. The molecule has 0 bridgehead atoms. The monoisotopic (exact) mass is 531 g/mol. The Morgan fingerprint density at radius 3 is 2.85 bits per heavy atom. The molecule has 2 N–H and O–H groups in total. The molecule has 202 valence electrons. The predicted molar refractivity (Wildman–Crippen MR) is 139 cm³/mol. The first-order valence-electron chi connectivity index (χ1n) is 13.1. The van der Waals surface area contributed by atoms with Crippen LogP contribution in [-0.4, -0.2) is 65.2 Å². The number of carbonyl (C=O) groups excluding carboxylic acids is 4. The predicted octanol–water partition coefficient (Wildman–Crippen LogP) is 2.17. The summed E-state index contributed by atoms with van der Waals surface area (Å²) in [5.41, 5.74) is 1.93. The number of hydrogen-bond donors (Lipinski definition) is 2. The molecule has 2 fully saturated rings. The molecule has 2 saturated heterocycles. The van der Waals surface area contributed by atoms with E-state index < -0.39 is 6.03 Å². The summed E-state index contributed by atoms with van der Waals surface area (Å²) in [7, 11) is 0. The number of fused-ring (bicyclic) bond motifs is 1. The van der Waals surface area contributed by atoms with Gasteiger partial charge in [0.15, 0.2) is 6.29 Å². The fraction of sp³-hybridized carbons (Fsp3) is 0.444. The molecule has 12 nitrogen and oxygen atoms in total. The third kappa shape index (κ3) is 5.82. The van der Waals surface area contributed by atoms with Crippen molar-refractivity contribution in [3.05, 3.63) is 40.7 Å². The molecule has 2 aromatic rings. The Kier molecular flexibility index (Phi) is 7.67. The zero-order valence-electron chi connectivity index (χ0n) is 21.4. The third-order valence-corrected chi connectivity index (χ3v) is 7.21. The zero-order valence-corrected chi connectivity index (χ0v) is 21.4. The molecule has 4 amide bonds. The maximum atomic E-state index is 13.3. The number of aldehydes is 1. The van der Waals surface area contributed by atoms with E-state index in [-0.39, 0.29) is 47.2 Å². The maximum absolute atomic E-state index is 13.3. The van der Waals surface area contributed by atoms with E-state index in [2.05, 4.69) is 20.6 Å². The van der Waals surface area contributed by atoms with Gasteiger partial charge < -0.3 is 15.0 Å². The van der Waals surface area contributed by atoms with E-state index in [4.69, 9.17) is 4.74 Å². The van der Waals surface area contributed by atoms with Crippen molar-refractivity contribution in [3.8, 4) is 11.8 Å². The zero-order chi connectivity index (χ0) is 27.4. The molecule has 0 aromatic carbocycles. The second kappa shape index (κ2) is 11.5. The largest absolute Gasteiger partial charge is 0.492 e. The SMILES string of the molecule is N#Cc1cnc(NC(=O)N2CCCc3cc(CN4CCCC4=O)c(C=O)nc32)cc1OCC1CCNC(=O)C1. The van der Waals surface area contributed by atoms with Crippen molar-refractivity contribution in [2.24, 2.45) is 5.92 Å². The van der Waals surface area contributed by atoms with Crippen LogP contribution in [0.1, 0.15) is 59.3 Å². The number of nitrogens with one attached hydrogen (secondary N) is 2. The van der Waals surface area contributed by atoms with E-state index in [1.165, 1.54) is 17.2 Å². The van der Waals surface area contributed by atoms with Crippen molar-refractivity contribution in [1.29, 1.82) is 5.26 Å². The molecule has 5 rings (SSSR count). The van der Waals surface area contributed by atoms with Crippen LogP contribution in [0.4, 0.5) is 16.4 Å². The molecule has 3 aliphatic rings. The minimum absolute atomic E-state index is 0.0251. The Bertz CT molecular complexity index is 1350. The second-order valence-corrected chi connectivity index (χ2v) is 9.93. The van der Waals surface area contributed by atoms with E-state index in [1.54, 1.807) is 4.90 Å². The lowest BCUT2D eigenvalue weighted by molar-refractivity contribution is -0.128. The molecule has 12 heteroatoms. The molecular formula is C27H29N7O5. The van der Waals surface area contributed by atoms with Gasteiger partial charge in [-0.15, -0.1) is 0 Å². The number of rotatable bonds is 7. The Morgan fingerprint density at radius 1 is 1.26 bits per heavy atom. The maximum Gasteiger partial charge on any atom is 0.328 e. The molecule has 0 spiro atoms. The van der Waals surface area contributed by atoms with Crippen LogP contribution in [0.25, 0.3) is 0 Å². The Morgan fingerprint density at radius 2 is 2.10 bits per heavy atom. The molecule has 0 radical (unpaired) electrons. The highest BCUT2D eigenvalue weighted by molar-refractivity contribution is 6.01. The van der Waals surface area contributed by atoms with E-state index in [0.29, 0.717) is 69.5 Å². The van der Waals surface area contributed by atoms with Crippen LogP contribution >= 0.6 is 0 Å². The fourth-order valence-electron chi connectivity index (χ4n) is 5.15. The van der Waals surface area contributed by atoms with Crippen LogP contribution in [-0.2, 0) is 22.6 Å². The molecule has 0 aliphatic carbocycles. The number of ether oxygens (including phenoxy) is 1. The number of nitrogens with zero attached hydrogens (tertiary/aromatic N) is 5. The second-order valence-electron chi connectivity index (χ2n) is 9.93. The Labute approximate surface area is 225 Å². The van der Waals surface area contributed by atoms with Gasteiger partial charge in [-0.1, -0.05) is 0 Å². The number of carbonyl (C=O) groups is 4. The van der Waals surface area contributed by atoms with E-state index in [1.807, 2.05) is 12.1 Å². The van der Waals surface area contributed by atoms with E-state index >= 15 is 0 Å². The van der Waals surface area contributed by atoms with Gasteiger partial charge >= 0.3 is 6.03 Å². The standard InChI is InChI=1S/C27H29N7O5/c28-12-20-13-30-23(11-22(20)39-16-17-5-6-29-24(36)9-17)32-27(38)34-8-1-3-18-10-19(21(15-35)31-26(18)34)14-33-7-2-4-25(33)37/h10-11,13,15,17H,1-9,14,16H2,(H,29,36)(H,30,32,38). The first-order valence-corrected chi connectivity index (χ1v) is 13.1. The van der Waals surface area contributed by atoms with Gasteiger partial charge in [0.1, 0.15) is 34.7 Å². The first-order chi connectivity index (χ1) is 18.9. The van der Waals surface area contributed by atoms with Crippen molar-refractivity contribution in [3.63, 3.8) is 0 Å². The van der Waals surface area contributed by atoms with Gasteiger partial charge in [0, 0.05) is 56.6 Å². The summed E-state index contributed by atoms with van der Waals surface area (Å²) in [6, 6.07) is 4.92. The highest BCUT2D eigenvalue weighted by atomic mass is 16.5. The minimum atomic E-state index is -0.477. The van der Waals surface area contributed by atoms with Crippen molar-refractivity contribution in [2.45, 2.75) is 45.1 Å². The molecule has 3 aliphatic heterocycles. The number of pyridine rings is 2. The summed E-state index contributed by atoms with van der Waals surface area (Å²) >= 11 is 0. The molecule has 1 atom stereocenters. The summed E-state index contributed by atoms with van der Waals surface area (Å²) in [6.07, 6.45) is 5.83. The van der Waals surface area contributed by atoms with Crippen molar-refractivity contribution < 1.29 is 23.9 Å². The lowest BCUT2D eigenvalue weighted by atomic mass is 9.99. The number of nitriles is 1. The van der Waals surface area contributed by atoms with E-state index in [9.17, 15) is 24.4 Å². The number of aromatic nitrogens is 2. The van der Waals surface area contributed by atoms with Crippen LogP contribution in [0, 0.1) is 17.2 Å². The van der Waals surface area contributed by atoms with Crippen LogP contribution < -0.4 is 20.3 Å². The van der Waals surface area contributed by atoms with Gasteiger partial charge in [-0.05, 0) is 37.3 Å². The van der Waals surface area contributed by atoms with Gasteiger partial charge in [-0.25, -0.2) is 14.8 Å². The highest BCUT2D eigenvalue weighted by Crippen LogP contribution is 2.29. The van der Waals surface area contributed by atoms with Gasteiger partial charge in [0.05, 0.1) is 12.8 Å². The summed E-state index contributed by atoms with van der Waals surface area (Å²) in [6.45, 7) is 2.23. The molecular weight excluding hydrogens is 502 g/mol. The number of piperidine rings is 1. The third-order valence-electron chi connectivity index (χ3n) is 7.21. The lowest BCUT2D eigenvalue weighted by Gasteiger charge is -2.29. The number of anilines is 2. The molecule has 1 unspecified atom stereocenters. The average molecular weight is 532 g/mol. The number of urea groups is 1. The smallest absolute Gasteiger partial charge is 0.328 e. The quantitative estimate of drug-likeness (QED) is 0.515. The number of amides is 4. The Balaban J connectivity index is 1.31. The number of likely N-dealkylation sites (tertiary alicyclic amines) is 1. The van der Waals surface area contributed by atoms with Gasteiger partial charge in [0.25, 0.3) is 0 Å². The van der Waals surface area contributed by atoms with Gasteiger partial charge in [-0.2, -0.15) is 5.26 Å². The van der Waals surface area contributed by atoms with Crippen LogP contribution in [0.15, 0.2) is 18.3 Å². The summed E-state index contributed by atoms with van der Waals surface area (Å²) in [5, 5.41) is 15.0. The Hall–Kier alpha value is -4.53. The van der Waals surface area contributed by atoms with Crippen LogP contribution in [0.3, 0.4) is 0 Å². The number of hydrogen-bond acceptors (Lipinski definition) is 8. The lowest BCUT2D eigenvalue weighted by Crippen LogP contribution is -2.40. The molecule has 0 saturated carbocycles. The van der Waals surface area contributed by atoms with Crippen LogP contribution in [0.2, 0.25) is 0 Å². The first kappa shape index (κ1) is 26.1. The van der Waals surface area contributed by atoms with Crippen LogP contribution in [0.5, 0.6) is 5.75 Å². The molecule has 39 heavy (non-hydrogen) atoms. The van der Waals surface area contributed by atoms with E-state index in [0.717, 1.165) is 18.4 Å². The van der Waals surface area contributed by atoms with Crippen molar-refractivity contribution in [1.82, 2.24) is 20.2 Å². The normalized spacial score (nSPS) is 18.7. The van der Waals surface area contributed by atoms with Crippen molar-refractivity contribution in [2.75, 3.05) is 36.5 Å². The van der Waals surface area contributed by atoms with Crippen molar-refractivity contribution >= 4 is 35.8 Å². The average Bonchev–Trinajstić information content (AvgIpc) is 3.35. The topological polar surface area (TPSA) is 158 Å². The minimum Gasteiger partial charge on any atom is -0.492 e. The summed E-state index contributed by atoms with van der Waals surface area (Å²) in [5.74, 6) is 0.944. The number of aryl methyl sites for hydroxylation is 1. The summed E-state index contributed by atoms with van der Waals surface area (Å²) < 4.78 is 5.86. The highest BCUT2D eigenvalue weighted by Gasteiger charge is 2.28. The molecule has 2 aromatic heterocycles. The fourth-order valence-corrected chi connectivity index (χ4v) is 5.15.